The first-order valence-corrected chi connectivity index (χ1v) is 10.2. The summed E-state index contributed by atoms with van der Waals surface area (Å²) >= 11 is 2.42. The highest BCUT2D eigenvalue weighted by Gasteiger charge is 2.15. The van der Waals surface area contributed by atoms with Gasteiger partial charge in [0, 0.05) is 0 Å². The van der Waals surface area contributed by atoms with Crippen molar-refractivity contribution in [3.05, 3.63) is 54.1 Å². The third-order valence-electron chi connectivity index (χ3n) is 3.69. The van der Waals surface area contributed by atoms with Gasteiger partial charge in [-0.2, -0.15) is 0 Å². The summed E-state index contributed by atoms with van der Waals surface area (Å²) in [7, 11) is 3.05. The molecule has 0 aliphatic carbocycles. The zero-order chi connectivity index (χ0) is 20.6. The highest BCUT2D eigenvalue weighted by Crippen LogP contribution is 2.28. The van der Waals surface area contributed by atoms with Crippen LogP contribution in [-0.4, -0.2) is 42.0 Å². The number of hydrogen-bond acceptors (Lipinski definition) is 8. The molecular formula is C19H18N4O4S2. The molecule has 0 aliphatic heterocycles. The van der Waals surface area contributed by atoms with Crippen molar-refractivity contribution in [2.24, 2.45) is 0 Å². The number of nitrogens with zero attached hydrogens (tertiary/aromatic N) is 2. The van der Waals surface area contributed by atoms with E-state index in [1.807, 2.05) is 12.1 Å². The number of nitrogens with one attached hydrogen (secondary N) is 2. The summed E-state index contributed by atoms with van der Waals surface area (Å²) in [5.74, 6) is 0.659. The van der Waals surface area contributed by atoms with Crippen LogP contribution in [0.3, 0.4) is 0 Å². The summed E-state index contributed by atoms with van der Waals surface area (Å²) in [4.78, 5) is 24.6. The molecule has 1 aromatic heterocycles. The van der Waals surface area contributed by atoms with Gasteiger partial charge in [0.05, 0.1) is 31.2 Å². The van der Waals surface area contributed by atoms with Gasteiger partial charge >= 0.3 is 0 Å². The number of thioether (sulfide) groups is 1. The van der Waals surface area contributed by atoms with Crippen molar-refractivity contribution in [3.8, 4) is 11.5 Å². The molecule has 0 fully saturated rings. The van der Waals surface area contributed by atoms with Crippen LogP contribution in [0.4, 0.5) is 10.8 Å². The van der Waals surface area contributed by atoms with E-state index in [1.165, 1.54) is 30.2 Å². The molecule has 150 valence electrons. The summed E-state index contributed by atoms with van der Waals surface area (Å²) in [6.07, 6.45) is 0. The maximum absolute atomic E-state index is 12.4. The molecule has 0 saturated carbocycles. The largest absolute Gasteiger partial charge is 0.496 e. The third-order valence-corrected chi connectivity index (χ3v) is 5.66. The number of methoxy groups -OCH3 is 2. The molecule has 0 spiro atoms. The normalized spacial score (nSPS) is 10.3. The molecule has 0 aliphatic rings. The molecule has 2 amide bonds. The number of ether oxygens (including phenoxy) is 2. The van der Waals surface area contributed by atoms with E-state index in [0.717, 1.165) is 0 Å². The SMILES string of the molecule is COc1ccccc1NC(=O)CSc1nnc(NC(=O)c2ccccc2OC)s1. The van der Waals surface area contributed by atoms with Gasteiger partial charge in [0.15, 0.2) is 4.34 Å². The van der Waals surface area contributed by atoms with E-state index in [-0.39, 0.29) is 17.6 Å². The van der Waals surface area contributed by atoms with Crippen LogP contribution in [0.15, 0.2) is 52.9 Å². The second-order valence-electron chi connectivity index (χ2n) is 5.56. The molecule has 0 bridgehead atoms. The molecular weight excluding hydrogens is 412 g/mol. The Labute approximate surface area is 175 Å². The Balaban J connectivity index is 1.55. The second-order valence-corrected chi connectivity index (χ2v) is 7.76. The predicted molar refractivity (Wildman–Crippen MR) is 113 cm³/mol. The van der Waals surface area contributed by atoms with Crippen molar-refractivity contribution in [1.29, 1.82) is 0 Å². The predicted octanol–water partition coefficient (Wildman–Crippen LogP) is 3.54. The molecule has 8 nitrogen and oxygen atoms in total. The van der Waals surface area contributed by atoms with E-state index in [4.69, 9.17) is 9.47 Å². The molecule has 29 heavy (non-hydrogen) atoms. The molecule has 0 radical (unpaired) electrons. The average Bonchev–Trinajstić information content (AvgIpc) is 3.19. The van der Waals surface area contributed by atoms with Crippen molar-refractivity contribution in [1.82, 2.24) is 10.2 Å². The smallest absolute Gasteiger partial charge is 0.261 e. The van der Waals surface area contributed by atoms with Gasteiger partial charge in [-0.25, -0.2) is 0 Å². The zero-order valence-electron chi connectivity index (χ0n) is 15.7. The molecule has 0 unspecified atom stereocenters. The van der Waals surface area contributed by atoms with E-state index in [0.29, 0.717) is 32.2 Å². The summed E-state index contributed by atoms with van der Waals surface area (Å²) in [5.41, 5.74) is 0.998. The quantitative estimate of drug-likeness (QED) is 0.416. The number of hydrogen-bond donors (Lipinski definition) is 2. The first kappa shape index (κ1) is 20.6. The minimum atomic E-state index is -0.343. The highest BCUT2D eigenvalue weighted by atomic mass is 32.2. The summed E-state index contributed by atoms with van der Waals surface area (Å²) < 4.78 is 11.0. The van der Waals surface area contributed by atoms with Gasteiger partial charge in [-0.1, -0.05) is 47.4 Å². The number of aromatic nitrogens is 2. The van der Waals surface area contributed by atoms with Crippen LogP contribution in [0, 0.1) is 0 Å². The standard InChI is InChI=1S/C19H18N4O4S2/c1-26-14-9-5-3-7-12(14)17(25)21-18-22-23-19(29-18)28-11-16(24)20-13-8-4-6-10-15(13)27-2/h3-10H,11H2,1-2H3,(H,20,24)(H,21,22,25). The fourth-order valence-electron chi connectivity index (χ4n) is 2.38. The Morgan fingerprint density at radius 1 is 0.966 bits per heavy atom. The molecule has 0 atom stereocenters. The zero-order valence-corrected chi connectivity index (χ0v) is 17.3. The van der Waals surface area contributed by atoms with Crippen LogP contribution in [0.1, 0.15) is 10.4 Å². The second kappa shape index (κ2) is 9.89. The lowest BCUT2D eigenvalue weighted by Crippen LogP contribution is -2.14. The highest BCUT2D eigenvalue weighted by molar-refractivity contribution is 8.01. The van der Waals surface area contributed by atoms with Gasteiger partial charge in [0.25, 0.3) is 5.91 Å². The lowest BCUT2D eigenvalue weighted by Gasteiger charge is -2.08. The number of anilines is 2. The summed E-state index contributed by atoms with van der Waals surface area (Å²) in [6.45, 7) is 0. The van der Waals surface area contributed by atoms with Crippen LogP contribution in [0.2, 0.25) is 0 Å². The Morgan fingerprint density at radius 3 is 2.41 bits per heavy atom. The van der Waals surface area contributed by atoms with Gasteiger partial charge in [0.1, 0.15) is 11.5 Å². The van der Waals surface area contributed by atoms with Gasteiger partial charge in [-0.3, -0.25) is 14.9 Å². The van der Waals surface area contributed by atoms with Gasteiger partial charge < -0.3 is 14.8 Å². The van der Waals surface area contributed by atoms with Crippen LogP contribution in [-0.2, 0) is 4.79 Å². The first-order valence-electron chi connectivity index (χ1n) is 8.44. The van der Waals surface area contributed by atoms with E-state index in [1.54, 1.807) is 43.5 Å². The number of amides is 2. The molecule has 10 heteroatoms. The van der Waals surface area contributed by atoms with E-state index >= 15 is 0 Å². The first-order chi connectivity index (χ1) is 14.1. The number of para-hydroxylation sites is 3. The minimum Gasteiger partial charge on any atom is -0.496 e. The van der Waals surface area contributed by atoms with E-state index < -0.39 is 0 Å². The maximum Gasteiger partial charge on any atom is 0.261 e. The van der Waals surface area contributed by atoms with E-state index in [2.05, 4.69) is 20.8 Å². The number of carbonyl (C=O) groups excluding carboxylic acids is 2. The fourth-order valence-corrected chi connectivity index (χ4v) is 3.92. The number of carbonyl (C=O) groups is 2. The van der Waals surface area contributed by atoms with Crippen molar-refractivity contribution in [2.75, 3.05) is 30.6 Å². The monoisotopic (exact) mass is 430 g/mol. The molecule has 1 heterocycles. The lowest BCUT2D eigenvalue weighted by molar-refractivity contribution is -0.113. The van der Waals surface area contributed by atoms with Crippen LogP contribution in [0.5, 0.6) is 11.5 Å². The van der Waals surface area contributed by atoms with Crippen molar-refractivity contribution < 1.29 is 19.1 Å². The Morgan fingerprint density at radius 2 is 1.66 bits per heavy atom. The Bertz CT molecular complexity index is 1010. The molecule has 0 saturated heterocycles. The number of rotatable bonds is 8. The van der Waals surface area contributed by atoms with Gasteiger partial charge in [-0.15, -0.1) is 10.2 Å². The van der Waals surface area contributed by atoms with Crippen molar-refractivity contribution >= 4 is 45.7 Å². The topological polar surface area (TPSA) is 102 Å². The molecule has 2 aromatic carbocycles. The average molecular weight is 431 g/mol. The van der Waals surface area contributed by atoms with Gasteiger partial charge in [0.2, 0.25) is 11.0 Å². The summed E-state index contributed by atoms with van der Waals surface area (Å²) in [6, 6.07) is 14.1. The maximum atomic E-state index is 12.4. The summed E-state index contributed by atoms with van der Waals surface area (Å²) in [5, 5.41) is 13.8. The van der Waals surface area contributed by atoms with Crippen molar-refractivity contribution in [2.45, 2.75) is 4.34 Å². The molecule has 3 aromatic rings. The Kier molecular flexibility index (Phi) is 7.04. The fraction of sp³-hybridized carbons (Fsp3) is 0.158. The van der Waals surface area contributed by atoms with E-state index in [9.17, 15) is 9.59 Å². The third kappa shape index (κ3) is 5.46. The number of benzene rings is 2. The van der Waals surface area contributed by atoms with Crippen LogP contribution >= 0.6 is 23.1 Å². The minimum absolute atomic E-state index is 0.146. The van der Waals surface area contributed by atoms with Gasteiger partial charge in [-0.05, 0) is 24.3 Å². The molecule has 3 rings (SSSR count). The molecule has 2 N–H and O–H groups in total. The van der Waals surface area contributed by atoms with Crippen LogP contribution in [0.25, 0.3) is 0 Å². The Hall–Kier alpha value is -3.11. The van der Waals surface area contributed by atoms with Crippen LogP contribution < -0.4 is 20.1 Å². The van der Waals surface area contributed by atoms with Crippen molar-refractivity contribution in [3.63, 3.8) is 0 Å². The lowest BCUT2D eigenvalue weighted by atomic mass is 10.2.